The van der Waals surface area contributed by atoms with E-state index in [0.29, 0.717) is 0 Å². The molecule has 15 heteroatoms. The van der Waals surface area contributed by atoms with Gasteiger partial charge in [-0.05, 0) is 0 Å². The van der Waals surface area contributed by atoms with Crippen LogP contribution in [0.4, 0.5) is 0 Å². The summed E-state index contributed by atoms with van der Waals surface area (Å²) in [5.41, 5.74) is 0. The zero-order valence-corrected chi connectivity index (χ0v) is 14.9. The van der Waals surface area contributed by atoms with E-state index in [9.17, 15) is 0 Å². The zero-order valence-electron chi connectivity index (χ0n) is 7.46. The van der Waals surface area contributed by atoms with Gasteiger partial charge in [-0.1, -0.05) is 0 Å². The Balaban J connectivity index is -0.00000000178. The Morgan fingerprint density at radius 3 is 0.600 bits per heavy atom. The van der Waals surface area contributed by atoms with Crippen molar-refractivity contribution in [2.45, 2.75) is 0 Å². The van der Waals surface area contributed by atoms with Crippen LogP contribution in [0.1, 0.15) is 0 Å². The standard InChI is InChI=1S/3Al.K.H2O4S.6H2O/c;;;;1-5(2,3)4;;;;;;/h;;;;(H2,1,2,3,4);6*1H2/q;;;+1;;;;;;;/p-8. The Bertz CT molecular complexity index is 104. The number of rotatable bonds is 0. The molecule has 0 aliphatic carbocycles. The van der Waals surface area contributed by atoms with E-state index in [4.69, 9.17) is 17.5 Å². The third kappa shape index (κ3) is 454. The van der Waals surface area contributed by atoms with E-state index in [0.717, 1.165) is 0 Å². The molecule has 0 aliphatic heterocycles. The summed E-state index contributed by atoms with van der Waals surface area (Å²) in [5, 5.41) is 0. The molecule has 15 heavy (non-hydrogen) atoms. The van der Waals surface area contributed by atoms with Gasteiger partial charge in [-0.15, -0.1) is 0 Å². The minimum Gasteiger partial charge on any atom is -0.870 e. The molecule has 0 saturated carbocycles. The average Bonchev–Trinajstić information content (AvgIpc) is 0.722. The van der Waals surface area contributed by atoms with Crippen LogP contribution in [0.15, 0.2) is 0 Å². The van der Waals surface area contributed by atoms with Crippen molar-refractivity contribution in [3.63, 3.8) is 0 Å². The molecule has 0 spiro atoms. The van der Waals surface area contributed by atoms with Crippen LogP contribution in [-0.4, -0.2) is 102 Å². The van der Waals surface area contributed by atoms with Crippen molar-refractivity contribution >= 4 is 62.5 Å². The molecule has 0 saturated heterocycles. The van der Waals surface area contributed by atoms with Gasteiger partial charge in [0.25, 0.3) is 0 Å². The smallest absolute Gasteiger partial charge is 0.870 e. The Labute approximate surface area is 161 Å². The van der Waals surface area contributed by atoms with Gasteiger partial charge >= 0.3 is 51.4 Å². The molecule has 0 aromatic rings. The second-order valence-corrected chi connectivity index (χ2v) is 1.22. The van der Waals surface area contributed by atoms with E-state index in [1.807, 2.05) is 0 Å². The molecule has 0 fully saturated rings. The molecule has 6 N–H and O–H groups in total. The molecule has 0 aliphatic rings. The summed E-state index contributed by atoms with van der Waals surface area (Å²) in [6.45, 7) is 0. The van der Waals surface area contributed by atoms with Crippen molar-refractivity contribution in [1.29, 1.82) is 0 Å². The molecule has 0 unspecified atom stereocenters. The maximum Gasteiger partial charge on any atom is 1.00 e. The minimum atomic E-state index is -5.17. The monoisotopic (exact) mass is 318 g/mol. The van der Waals surface area contributed by atoms with Crippen molar-refractivity contribution in [2.75, 3.05) is 0 Å². The second-order valence-electron chi connectivity index (χ2n) is 0.408. The van der Waals surface area contributed by atoms with Crippen LogP contribution in [0.25, 0.3) is 0 Å². The molecular formula is H6Al3KO10S-7. The van der Waals surface area contributed by atoms with Gasteiger partial charge in [-0.2, -0.15) is 0 Å². The van der Waals surface area contributed by atoms with Crippen molar-refractivity contribution < 1.29 is 102 Å². The SMILES string of the molecule is O=S(=O)([O-])[O-].[Al].[Al].[Al].[K+].[OH-].[OH-].[OH-].[OH-].[OH-].[OH-]. The summed E-state index contributed by atoms with van der Waals surface area (Å²) < 4.78 is 34.1. The van der Waals surface area contributed by atoms with E-state index in [1.54, 1.807) is 0 Å². The molecular weight excluding hydrogens is 312 g/mol. The number of hydrogen-bond donors (Lipinski definition) is 0. The Hall–Kier alpha value is 2.86. The maximum absolute atomic E-state index is 8.52. The molecule has 89 valence electrons. The van der Waals surface area contributed by atoms with Gasteiger partial charge < -0.3 is 42.0 Å². The first-order valence-electron chi connectivity index (χ1n) is 0.667. The first kappa shape index (κ1) is 108. The van der Waals surface area contributed by atoms with Crippen LogP contribution >= 0.6 is 0 Å². The fourth-order valence-corrected chi connectivity index (χ4v) is 0. The van der Waals surface area contributed by atoms with Gasteiger partial charge in [-0.3, -0.25) is 8.42 Å². The Morgan fingerprint density at radius 2 is 0.600 bits per heavy atom. The fourth-order valence-electron chi connectivity index (χ4n) is 0. The largest absolute Gasteiger partial charge is 1.00 e. The molecule has 0 rings (SSSR count). The molecule has 10 nitrogen and oxygen atoms in total. The topological polar surface area (TPSA) is 260 Å². The maximum atomic E-state index is 8.52. The molecule has 9 radical (unpaired) electrons. The summed E-state index contributed by atoms with van der Waals surface area (Å²) in [6.07, 6.45) is 0. The van der Waals surface area contributed by atoms with Crippen LogP contribution in [0, 0.1) is 0 Å². The number of hydrogen-bond acceptors (Lipinski definition) is 10. The second kappa shape index (κ2) is 54.0. The van der Waals surface area contributed by atoms with E-state index < -0.39 is 10.4 Å². The normalized spacial score (nSPS) is 3.87. The summed E-state index contributed by atoms with van der Waals surface area (Å²) in [4.78, 5) is 0. The van der Waals surface area contributed by atoms with Gasteiger partial charge in [0.05, 0.1) is 0 Å². The van der Waals surface area contributed by atoms with Crippen LogP contribution in [0.2, 0.25) is 0 Å². The van der Waals surface area contributed by atoms with Crippen LogP contribution in [0.3, 0.4) is 0 Å². The van der Waals surface area contributed by atoms with E-state index >= 15 is 0 Å². The Morgan fingerprint density at radius 1 is 0.600 bits per heavy atom. The zero-order chi connectivity index (χ0) is 4.50. The molecule has 0 heterocycles. The molecule has 0 atom stereocenters. The van der Waals surface area contributed by atoms with E-state index in [-0.39, 0.29) is 136 Å². The molecule has 0 amide bonds. The van der Waals surface area contributed by atoms with Crippen LogP contribution in [-0.2, 0) is 10.4 Å². The third-order valence-corrected chi connectivity index (χ3v) is 0. The predicted molar refractivity (Wildman–Crippen MR) is 39.4 cm³/mol. The molecule has 0 bridgehead atoms. The molecule has 0 aromatic carbocycles. The van der Waals surface area contributed by atoms with Crippen molar-refractivity contribution in [3.8, 4) is 0 Å². The minimum absolute atomic E-state index is 0. The van der Waals surface area contributed by atoms with E-state index in [1.165, 1.54) is 0 Å². The summed E-state index contributed by atoms with van der Waals surface area (Å²) >= 11 is 0. The van der Waals surface area contributed by atoms with Gasteiger partial charge in [0.1, 0.15) is 0 Å². The van der Waals surface area contributed by atoms with Crippen molar-refractivity contribution in [2.24, 2.45) is 0 Å². The van der Waals surface area contributed by atoms with Gasteiger partial charge in [-0.25, -0.2) is 0 Å². The van der Waals surface area contributed by atoms with Gasteiger partial charge in [0.15, 0.2) is 0 Å². The van der Waals surface area contributed by atoms with E-state index in [2.05, 4.69) is 0 Å². The average molecular weight is 318 g/mol. The third-order valence-electron chi connectivity index (χ3n) is 0. The van der Waals surface area contributed by atoms with Gasteiger partial charge in [0.2, 0.25) is 0 Å². The van der Waals surface area contributed by atoms with Crippen LogP contribution < -0.4 is 51.4 Å². The fraction of sp³-hybridized carbons (Fsp3) is 0. The van der Waals surface area contributed by atoms with Crippen molar-refractivity contribution in [3.05, 3.63) is 0 Å². The quantitative estimate of drug-likeness (QED) is 0.231. The van der Waals surface area contributed by atoms with Gasteiger partial charge in [0, 0.05) is 62.5 Å². The van der Waals surface area contributed by atoms with Crippen molar-refractivity contribution in [1.82, 2.24) is 0 Å². The van der Waals surface area contributed by atoms with Crippen LogP contribution in [0.5, 0.6) is 0 Å². The first-order chi connectivity index (χ1) is 2.00. The summed E-state index contributed by atoms with van der Waals surface area (Å²) in [5.74, 6) is 0. The molecule has 0 aromatic heterocycles. The summed E-state index contributed by atoms with van der Waals surface area (Å²) in [7, 11) is -5.17. The first-order valence-corrected chi connectivity index (χ1v) is 2.00. The predicted octanol–water partition coefficient (Wildman–Crippen LogP) is -6.54. The summed E-state index contributed by atoms with van der Waals surface area (Å²) in [6, 6.07) is 0. The Kier molecular flexibility index (Phi) is 388.